The third kappa shape index (κ3) is 5.89. The summed E-state index contributed by atoms with van der Waals surface area (Å²) in [7, 11) is 0. The Bertz CT molecular complexity index is 498. The molecule has 0 saturated carbocycles. The summed E-state index contributed by atoms with van der Waals surface area (Å²) in [5.74, 6) is -0.425. The zero-order chi connectivity index (χ0) is 17.9. The van der Waals surface area contributed by atoms with Gasteiger partial charge in [-0.15, -0.1) is 13.8 Å². The molecule has 0 bridgehead atoms. The molecule has 2 unspecified atom stereocenters. The Morgan fingerprint density at radius 3 is 2.04 bits per heavy atom. The molecule has 0 aromatic rings. The number of ketones is 1. The van der Waals surface area contributed by atoms with Gasteiger partial charge in [0.05, 0.1) is 0 Å². The molecule has 5 heteroatoms. The zero-order valence-corrected chi connectivity index (χ0v) is 19.2. The molecule has 2 atom stereocenters. The number of rotatable bonds is 8. The Hall–Kier alpha value is 0.186. The Balaban J connectivity index is -0.00000220. The van der Waals surface area contributed by atoms with Gasteiger partial charge in [-0.1, -0.05) is 41.5 Å². The van der Waals surface area contributed by atoms with Gasteiger partial charge in [0.15, 0.2) is 0 Å². The fraction of sp³-hybridized carbons (Fsp3) is 0.722. The van der Waals surface area contributed by atoms with Gasteiger partial charge in [-0.2, -0.15) is 0 Å². The van der Waals surface area contributed by atoms with Crippen molar-refractivity contribution < 1.29 is 62.5 Å². The molecule has 0 fully saturated rings. The van der Waals surface area contributed by atoms with Crippen LogP contribution in [0.3, 0.4) is 0 Å². The van der Waals surface area contributed by atoms with E-state index in [1.807, 2.05) is 0 Å². The Morgan fingerprint density at radius 2 is 1.74 bits per heavy atom. The predicted octanol–water partition coefficient (Wildman–Crippen LogP) is 1.54. The van der Waals surface area contributed by atoms with Gasteiger partial charge in [0.1, 0.15) is 5.78 Å². The second kappa shape index (κ2) is 9.61. The van der Waals surface area contributed by atoms with Crippen LogP contribution in [0.4, 0.5) is 0 Å². The fourth-order valence-electron chi connectivity index (χ4n) is 2.78. The topological polar surface area (TPSA) is 60.2 Å². The first kappa shape index (κ1) is 25.4. The van der Waals surface area contributed by atoms with E-state index < -0.39 is 22.8 Å². The van der Waals surface area contributed by atoms with Gasteiger partial charge < -0.3 is 25.2 Å². The number of nitro groups is 1. The predicted molar refractivity (Wildman–Crippen MR) is 89.8 cm³/mol. The summed E-state index contributed by atoms with van der Waals surface area (Å²) >= 11 is 0. The van der Waals surface area contributed by atoms with Crippen LogP contribution in [0.2, 0.25) is 0 Å². The van der Waals surface area contributed by atoms with Crippen molar-refractivity contribution in [3.63, 3.8) is 0 Å². The monoisotopic (exact) mass is 347 g/mol. The van der Waals surface area contributed by atoms with E-state index in [1.165, 1.54) is 0 Å². The molecule has 0 aliphatic heterocycles. The number of hydrogen-bond donors (Lipinski definition) is 0. The van der Waals surface area contributed by atoms with Crippen molar-refractivity contribution in [3.8, 4) is 0 Å². The summed E-state index contributed by atoms with van der Waals surface area (Å²) in [6, 6.07) is -0.924. The van der Waals surface area contributed by atoms with Crippen LogP contribution in [-0.2, 0) is 4.79 Å². The van der Waals surface area contributed by atoms with Gasteiger partial charge in [-0.05, 0) is 5.92 Å². The molecule has 0 aliphatic rings. The van der Waals surface area contributed by atoms with Gasteiger partial charge in [-0.25, -0.2) is 0 Å². The smallest absolute Gasteiger partial charge is 1.00 e. The number of nitrogens with zero attached hydrogens (tertiary/aromatic N) is 1. The SMILES string of the molecule is [1H-].[CH-]=C(C)C(C)=[C-]C(C)C([N+](=O)[O-])C(C)(C)C(C)(C)C(=O)CC.[K+]. The minimum absolute atomic E-state index is 0. The molecule has 0 radical (unpaired) electrons. The molecular formula is C18H30KNO3-2. The molecule has 0 aliphatic carbocycles. The van der Waals surface area contributed by atoms with E-state index in [-0.39, 0.29) is 63.5 Å². The second-order valence-corrected chi connectivity index (χ2v) is 7.09. The summed E-state index contributed by atoms with van der Waals surface area (Å²) in [4.78, 5) is 23.7. The van der Waals surface area contributed by atoms with Crippen LogP contribution in [-0.4, -0.2) is 16.7 Å². The van der Waals surface area contributed by atoms with Crippen LogP contribution >= 0.6 is 0 Å². The minimum atomic E-state index is -0.924. The summed E-state index contributed by atoms with van der Waals surface area (Å²) in [5.41, 5.74) is -0.311. The Kier molecular flexibility index (Phi) is 10.6. The summed E-state index contributed by atoms with van der Waals surface area (Å²) in [5, 5.41) is 11.7. The summed E-state index contributed by atoms with van der Waals surface area (Å²) in [6.45, 7) is 20.0. The van der Waals surface area contributed by atoms with Crippen molar-refractivity contribution in [2.45, 2.75) is 67.9 Å². The average Bonchev–Trinajstić information content (AvgIpc) is 2.36. The molecule has 4 nitrogen and oxygen atoms in total. The number of Topliss-reactive ketones (excluding diaryl/α,β-unsaturated/α-hetero) is 1. The van der Waals surface area contributed by atoms with Gasteiger partial charge in [0, 0.05) is 22.2 Å². The first-order chi connectivity index (χ1) is 9.80. The number of hydrogen-bond acceptors (Lipinski definition) is 3. The maximum absolute atomic E-state index is 12.3. The molecule has 0 heterocycles. The normalized spacial score (nSPS) is 15.4. The average molecular weight is 348 g/mol. The molecule has 0 amide bonds. The summed E-state index contributed by atoms with van der Waals surface area (Å²) < 4.78 is 0. The van der Waals surface area contributed by atoms with Gasteiger partial charge in [0.25, 0.3) is 0 Å². The summed E-state index contributed by atoms with van der Waals surface area (Å²) in [6.07, 6.45) is 3.46. The molecule has 0 rings (SSSR count). The largest absolute Gasteiger partial charge is 1.00 e. The van der Waals surface area contributed by atoms with Crippen molar-refractivity contribution in [3.05, 3.63) is 33.9 Å². The van der Waals surface area contributed by atoms with E-state index >= 15 is 0 Å². The van der Waals surface area contributed by atoms with E-state index in [1.54, 1.807) is 55.4 Å². The maximum Gasteiger partial charge on any atom is 1.00 e. The van der Waals surface area contributed by atoms with E-state index in [4.69, 9.17) is 6.58 Å². The maximum atomic E-state index is 12.3. The van der Waals surface area contributed by atoms with E-state index in [9.17, 15) is 14.9 Å². The first-order valence-corrected chi connectivity index (χ1v) is 7.66. The standard InChI is InChI=1S/C18H29NO3.K.H/c1-10-15(20)17(6,7)18(8,9)16(19(21)22)14(5)11-13(4)12(2)3;;/h2,14,16H,10H2,1,3-9H3;;/q-2;+1;-1/i;;1+0. The van der Waals surface area contributed by atoms with Crippen molar-refractivity contribution >= 4 is 5.78 Å². The van der Waals surface area contributed by atoms with E-state index in [0.717, 1.165) is 5.57 Å². The third-order valence-corrected chi connectivity index (χ3v) is 5.10. The van der Waals surface area contributed by atoms with Crippen molar-refractivity contribution in [1.82, 2.24) is 0 Å². The number of carbonyl (C=O) groups excluding carboxylic acids is 1. The van der Waals surface area contributed by atoms with Crippen molar-refractivity contribution in [2.75, 3.05) is 0 Å². The number of allylic oxidation sites excluding steroid dienone is 2. The molecule has 128 valence electrons. The van der Waals surface area contributed by atoms with Crippen LogP contribution in [0.5, 0.6) is 0 Å². The molecule has 0 aromatic carbocycles. The molecule has 0 saturated heterocycles. The molecule has 0 aromatic heterocycles. The zero-order valence-electron chi connectivity index (χ0n) is 17.1. The van der Waals surface area contributed by atoms with E-state index in [0.29, 0.717) is 12.0 Å². The fourth-order valence-corrected chi connectivity index (χ4v) is 2.78. The Morgan fingerprint density at radius 1 is 1.30 bits per heavy atom. The number of carbonyl (C=O) groups is 1. The third-order valence-electron chi connectivity index (χ3n) is 5.10. The van der Waals surface area contributed by atoms with Crippen LogP contribution in [0.25, 0.3) is 0 Å². The van der Waals surface area contributed by atoms with Crippen LogP contribution in [0.1, 0.15) is 63.2 Å². The Labute approximate surface area is 185 Å². The minimum Gasteiger partial charge on any atom is -1.00 e. The van der Waals surface area contributed by atoms with Crippen LogP contribution in [0.15, 0.2) is 11.1 Å². The van der Waals surface area contributed by atoms with Gasteiger partial charge >= 0.3 is 51.4 Å². The molecular weight excluding hydrogens is 317 g/mol. The van der Waals surface area contributed by atoms with Crippen LogP contribution in [0, 0.1) is 39.5 Å². The molecule has 0 N–H and O–H groups in total. The van der Waals surface area contributed by atoms with E-state index in [2.05, 4.69) is 6.08 Å². The van der Waals surface area contributed by atoms with Gasteiger partial charge in [0.2, 0.25) is 6.04 Å². The van der Waals surface area contributed by atoms with Crippen molar-refractivity contribution in [1.29, 1.82) is 0 Å². The second-order valence-electron chi connectivity index (χ2n) is 7.09. The molecule has 23 heavy (non-hydrogen) atoms. The van der Waals surface area contributed by atoms with Crippen molar-refractivity contribution in [2.24, 2.45) is 16.7 Å². The van der Waals surface area contributed by atoms with Crippen LogP contribution < -0.4 is 51.4 Å². The quantitative estimate of drug-likeness (QED) is 0.220. The van der Waals surface area contributed by atoms with Gasteiger partial charge in [-0.3, -0.25) is 14.9 Å². The molecule has 0 spiro atoms. The first-order valence-electron chi connectivity index (χ1n) is 7.66.